The molecule has 2 fully saturated rings. The smallest absolute Gasteiger partial charge is 0.327 e. The number of hydrogen-bond donors (Lipinski definition) is 1. The van der Waals surface area contributed by atoms with Gasteiger partial charge in [0.1, 0.15) is 5.54 Å². The van der Waals surface area contributed by atoms with E-state index in [9.17, 15) is 14.7 Å². The molecule has 2 atom stereocenters. The molecule has 6 nitrogen and oxygen atoms in total. The van der Waals surface area contributed by atoms with Crippen LogP contribution in [0, 0.1) is 0 Å². The van der Waals surface area contributed by atoms with Gasteiger partial charge in [-0.05, 0) is 20.8 Å². The predicted molar refractivity (Wildman–Crippen MR) is 59.3 cm³/mol. The van der Waals surface area contributed by atoms with Crippen molar-refractivity contribution in [2.45, 2.75) is 38.5 Å². The number of urea groups is 1. The standard InChI is InChI=1S/C11H18N2O4/c1-7(14)4-12-9(15)11(2,3)13(10(12)16)5-8-6-17-8/h7-8,14H,4-6H2,1-3H3. The molecule has 0 aromatic heterocycles. The lowest BCUT2D eigenvalue weighted by molar-refractivity contribution is -0.132. The van der Waals surface area contributed by atoms with E-state index in [-0.39, 0.29) is 24.6 Å². The van der Waals surface area contributed by atoms with Crippen LogP contribution in [0.15, 0.2) is 0 Å². The van der Waals surface area contributed by atoms with E-state index in [2.05, 4.69) is 0 Å². The van der Waals surface area contributed by atoms with Crippen molar-refractivity contribution in [3.05, 3.63) is 0 Å². The van der Waals surface area contributed by atoms with E-state index in [1.807, 2.05) is 0 Å². The minimum Gasteiger partial charge on any atom is -0.392 e. The summed E-state index contributed by atoms with van der Waals surface area (Å²) in [5.41, 5.74) is -0.849. The summed E-state index contributed by atoms with van der Waals surface area (Å²) < 4.78 is 5.09. The molecule has 1 N–H and O–H groups in total. The van der Waals surface area contributed by atoms with Gasteiger partial charge in [0.25, 0.3) is 5.91 Å². The third-order valence-electron chi connectivity index (χ3n) is 3.14. The first-order chi connectivity index (χ1) is 7.84. The van der Waals surface area contributed by atoms with Crippen LogP contribution in [0.1, 0.15) is 20.8 Å². The largest absolute Gasteiger partial charge is 0.392 e. The lowest BCUT2D eigenvalue weighted by Gasteiger charge is -2.26. The van der Waals surface area contributed by atoms with E-state index < -0.39 is 11.6 Å². The zero-order valence-electron chi connectivity index (χ0n) is 10.3. The fourth-order valence-electron chi connectivity index (χ4n) is 2.03. The highest BCUT2D eigenvalue weighted by molar-refractivity contribution is 6.06. The molecule has 2 aliphatic heterocycles. The summed E-state index contributed by atoms with van der Waals surface area (Å²) in [4.78, 5) is 26.8. The first-order valence-electron chi connectivity index (χ1n) is 5.77. The number of hydrogen-bond acceptors (Lipinski definition) is 4. The number of carbonyl (C=O) groups excluding carboxylic acids is 2. The predicted octanol–water partition coefficient (Wildman–Crippen LogP) is -0.191. The summed E-state index contributed by atoms with van der Waals surface area (Å²) in [6, 6.07) is -0.337. The maximum Gasteiger partial charge on any atom is 0.327 e. The zero-order chi connectivity index (χ0) is 12.8. The minimum absolute atomic E-state index is 0.0448. The Morgan fingerprint density at radius 2 is 2.12 bits per heavy atom. The zero-order valence-corrected chi connectivity index (χ0v) is 10.3. The van der Waals surface area contributed by atoms with Crippen molar-refractivity contribution in [1.82, 2.24) is 9.80 Å². The van der Waals surface area contributed by atoms with Crippen LogP contribution in [0.5, 0.6) is 0 Å². The van der Waals surface area contributed by atoms with Crippen molar-refractivity contribution in [3.63, 3.8) is 0 Å². The monoisotopic (exact) mass is 242 g/mol. The number of aliphatic hydroxyl groups excluding tert-OH is 1. The molecule has 2 aliphatic rings. The summed E-state index contributed by atoms with van der Waals surface area (Å²) in [5, 5.41) is 9.31. The Hall–Kier alpha value is -1.14. The number of aliphatic hydroxyl groups is 1. The lowest BCUT2D eigenvalue weighted by atomic mass is 10.0. The summed E-state index contributed by atoms with van der Waals surface area (Å²) in [6.07, 6.45) is -0.659. The second-order valence-electron chi connectivity index (χ2n) is 5.17. The summed E-state index contributed by atoms with van der Waals surface area (Å²) in [6.45, 7) is 6.12. The highest BCUT2D eigenvalue weighted by Crippen LogP contribution is 2.29. The molecule has 0 aromatic rings. The normalized spacial score (nSPS) is 28.8. The number of rotatable bonds is 4. The molecule has 0 aliphatic carbocycles. The lowest BCUT2D eigenvalue weighted by Crippen LogP contribution is -2.45. The molecule has 0 aromatic carbocycles. The van der Waals surface area contributed by atoms with Gasteiger partial charge in [-0.15, -0.1) is 0 Å². The molecule has 96 valence electrons. The Balaban J connectivity index is 2.16. The molecule has 2 rings (SSSR count). The average molecular weight is 242 g/mol. The quantitative estimate of drug-likeness (QED) is 0.547. The van der Waals surface area contributed by atoms with Gasteiger partial charge in [0.2, 0.25) is 0 Å². The number of carbonyl (C=O) groups is 2. The SMILES string of the molecule is CC(O)CN1C(=O)N(CC2CO2)C(C)(C)C1=O. The van der Waals surface area contributed by atoms with Crippen LogP contribution in [-0.4, -0.2) is 64.3 Å². The Morgan fingerprint density at radius 1 is 1.53 bits per heavy atom. The number of ether oxygens (including phenoxy) is 1. The first-order valence-corrected chi connectivity index (χ1v) is 5.77. The molecule has 2 unspecified atom stereocenters. The van der Waals surface area contributed by atoms with Crippen LogP contribution < -0.4 is 0 Å². The molecule has 0 radical (unpaired) electrons. The summed E-state index contributed by atoms with van der Waals surface area (Å²) in [7, 11) is 0. The number of epoxide rings is 1. The molecule has 0 spiro atoms. The Labute approximate surface area is 100 Å². The van der Waals surface area contributed by atoms with E-state index in [4.69, 9.17) is 4.74 Å². The van der Waals surface area contributed by atoms with Crippen LogP contribution in [-0.2, 0) is 9.53 Å². The summed E-state index contributed by atoms with van der Waals surface area (Å²) in [5.74, 6) is -0.260. The van der Waals surface area contributed by atoms with E-state index in [0.29, 0.717) is 13.2 Å². The van der Waals surface area contributed by atoms with Crippen molar-refractivity contribution >= 4 is 11.9 Å². The van der Waals surface area contributed by atoms with E-state index in [1.54, 1.807) is 20.8 Å². The molecule has 2 heterocycles. The van der Waals surface area contributed by atoms with Gasteiger partial charge in [0.05, 0.1) is 31.9 Å². The minimum atomic E-state index is -0.849. The van der Waals surface area contributed by atoms with Crippen LogP contribution in [0.3, 0.4) is 0 Å². The van der Waals surface area contributed by atoms with Gasteiger partial charge < -0.3 is 14.7 Å². The molecule has 3 amide bonds. The number of amides is 3. The molecule has 6 heteroatoms. The number of nitrogens with zero attached hydrogens (tertiary/aromatic N) is 2. The van der Waals surface area contributed by atoms with Crippen LogP contribution in [0.25, 0.3) is 0 Å². The molecule has 0 bridgehead atoms. The Bertz CT molecular complexity index is 349. The van der Waals surface area contributed by atoms with E-state index >= 15 is 0 Å². The van der Waals surface area contributed by atoms with Gasteiger partial charge >= 0.3 is 6.03 Å². The Kier molecular flexibility index (Phi) is 2.87. The van der Waals surface area contributed by atoms with Crippen molar-refractivity contribution in [2.24, 2.45) is 0 Å². The molecule has 0 saturated carbocycles. The van der Waals surface area contributed by atoms with Gasteiger partial charge in [0.15, 0.2) is 0 Å². The maximum atomic E-state index is 12.1. The van der Waals surface area contributed by atoms with Crippen molar-refractivity contribution < 1.29 is 19.4 Å². The number of imide groups is 1. The fourth-order valence-corrected chi connectivity index (χ4v) is 2.03. The third kappa shape index (κ3) is 2.14. The van der Waals surface area contributed by atoms with Crippen LogP contribution in [0.4, 0.5) is 4.79 Å². The fraction of sp³-hybridized carbons (Fsp3) is 0.818. The van der Waals surface area contributed by atoms with Crippen molar-refractivity contribution in [1.29, 1.82) is 0 Å². The highest BCUT2D eigenvalue weighted by atomic mass is 16.6. The van der Waals surface area contributed by atoms with Crippen LogP contribution >= 0.6 is 0 Å². The van der Waals surface area contributed by atoms with E-state index in [1.165, 1.54) is 4.90 Å². The van der Waals surface area contributed by atoms with Gasteiger partial charge in [-0.3, -0.25) is 9.69 Å². The van der Waals surface area contributed by atoms with Gasteiger partial charge in [-0.25, -0.2) is 4.79 Å². The second kappa shape index (κ2) is 3.96. The number of β-amino-alcohol motifs (C(OH)–C–C–N with tert-alkyl or cyclic N) is 1. The van der Waals surface area contributed by atoms with Crippen molar-refractivity contribution in [2.75, 3.05) is 19.7 Å². The highest BCUT2D eigenvalue weighted by Gasteiger charge is 2.52. The topological polar surface area (TPSA) is 73.4 Å². The van der Waals surface area contributed by atoms with Gasteiger partial charge in [-0.2, -0.15) is 0 Å². The Morgan fingerprint density at radius 3 is 2.59 bits per heavy atom. The third-order valence-corrected chi connectivity index (χ3v) is 3.14. The van der Waals surface area contributed by atoms with Gasteiger partial charge in [-0.1, -0.05) is 0 Å². The van der Waals surface area contributed by atoms with E-state index in [0.717, 1.165) is 4.90 Å². The molecule has 2 saturated heterocycles. The second-order valence-corrected chi connectivity index (χ2v) is 5.17. The van der Waals surface area contributed by atoms with Gasteiger partial charge in [0, 0.05) is 0 Å². The van der Waals surface area contributed by atoms with Crippen molar-refractivity contribution in [3.8, 4) is 0 Å². The van der Waals surface area contributed by atoms with Crippen LogP contribution in [0.2, 0.25) is 0 Å². The summed E-state index contributed by atoms with van der Waals surface area (Å²) >= 11 is 0. The molecule has 17 heavy (non-hydrogen) atoms. The molecular formula is C11H18N2O4. The maximum absolute atomic E-state index is 12.1. The molecular weight excluding hydrogens is 224 g/mol. The first kappa shape index (κ1) is 12.3. The average Bonchev–Trinajstić information content (AvgIpc) is 3.00.